The summed E-state index contributed by atoms with van der Waals surface area (Å²) in [5.41, 5.74) is 0. The van der Waals surface area contributed by atoms with Crippen molar-refractivity contribution in [3.8, 4) is 0 Å². The summed E-state index contributed by atoms with van der Waals surface area (Å²) in [7, 11) is 0. The SMILES string of the molecule is C[C@@H](O)/C=C/C=C/[C@H]1OC[C@H]2[C@@H](O)[C@@H](O)[C@H](O)C[C@@H]21. The van der Waals surface area contributed by atoms with Crippen molar-refractivity contribution in [2.24, 2.45) is 11.8 Å². The standard InChI is InChI=1S/C14H22O5/c1-8(15)4-2-3-5-12-9-6-11(16)14(18)13(17)10(9)7-19-12/h2-5,8-18H,6-7H2,1H3/b4-2+,5-3+/t8-,9+,10-,11-,12-,13-,14+/m1/s1. The summed E-state index contributed by atoms with van der Waals surface area (Å²) in [5.74, 6) is -0.113. The molecule has 5 nitrogen and oxygen atoms in total. The average molecular weight is 270 g/mol. The molecule has 0 bridgehead atoms. The fourth-order valence-corrected chi connectivity index (χ4v) is 2.87. The molecule has 0 amide bonds. The highest BCUT2D eigenvalue weighted by Gasteiger charge is 2.48. The van der Waals surface area contributed by atoms with Gasteiger partial charge in [0.25, 0.3) is 0 Å². The van der Waals surface area contributed by atoms with E-state index in [0.29, 0.717) is 13.0 Å². The number of ether oxygens (including phenoxy) is 1. The number of hydrogen-bond acceptors (Lipinski definition) is 5. The third-order valence-corrected chi connectivity index (χ3v) is 3.95. The lowest BCUT2D eigenvalue weighted by Gasteiger charge is -2.37. The largest absolute Gasteiger partial charge is 0.390 e. The first-order valence-electron chi connectivity index (χ1n) is 6.69. The van der Waals surface area contributed by atoms with Gasteiger partial charge in [0.15, 0.2) is 0 Å². The van der Waals surface area contributed by atoms with Gasteiger partial charge in [-0.15, -0.1) is 0 Å². The highest BCUT2D eigenvalue weighted by Crippen LogP contribution is 2.39. The van der Waals surface area contributed by atoms with E-state index in [1.165, 1.54) is 0 Å². The van der Waals surface area contributed by atoms with Gasteiger partial charge in [0.05, 0.1) is 31.0 Å². The quantitative estimate of drug-likeness (QED) is 0.524. The van der Waals surface area contributed by atoms with Crippen LogP contribution in [0.4, 0.5) is 0 Å². The molecule has 0 radical (unpaired) electrons. The molecule has 1 heterocycles. The van der Waals surface area contributed by atoms with Crippen LogP contribution in [0.1, 0.15) is 13.3 Å². The molecule has 0 unspecified atom stereocenters. The lowest BCUT2D eigenvalue weighted by molar-refractivity contribution is -0.121. The first-order valence-corrected chi connectivity index (χ1v) is 6.69. The van der Waals surface area contributed by atoms with Gasteiger partial charge in [-0.3, -0.25) is 0 Å². The zero-order valence-electron chi connectivity index (χ0n) is 11.0. The predicted molar refractivity (Wildman–Crippen MR) is 69.3 cm³/mol. The topological polar surface area (TPSA) is 90.2 Å². The van der Waals surface area contributed by atoms with Crippen LogP contribution in [0.5, 0.6) is 0 Å². The highest BCUT2D eigenvalue weighted by molar-refractivity contribution is 5.11. The third-order valence-electron chi connectivity index (χ3n) is 3.95. The van der Waals surface area contributed by atoms with E-state index in [-0.39, 0.29) is 17.9 Å². The van der Waals surface area contributed by atoms with Crippen molar-refractivity contribution in [2.75, 3.05) is 6.61 Å². The number of aliphatic hydroxyl groups excluding tert-OH is 4. The molecule has 4 N–H and O–H groups in total. The van der Waals surface area contributed by atoms with Crippen molar-refractivity contribution in [1.82, 2.24) is 0 Å². The second-order valence-corrected chi connectivity index (χ2v) is 5.42. The smallest absolute Gasteiger partial charge is 0.106 e. The second-order valence-electron chi connectivity index (χ2n) is 5.42. The molecule has 0 aromatic rings. The Balaban J connectivity index is 1.98. The van der Waals surface area contributed by atoms with Gasteiger partial charge < -0.3 is 25.2 Å². The molecule has 0 aromatic heterocycles. The first-order chi connectivity index (χ1) is 9.00. The molecule has 1 saturated carbocycles. The van der Waals surface area contributed by atoms with Crippen molar-refractivity contribution in [2.45, 2.75) is 43.9 Å². The normalized spacial score (nSPS) is 44.9. The molecule has 7 atom stereocenters. The summed E-state index contributed by atoms with van der Waals surface area (Å²) in [4.78, 5) is 0. The minimum Gasteiger partial charge on any atom is -0.390 e. The molecule has 108 valence electrons. The van der Waals surface area contributed by atoms with Crippen LogP contribution in [-0.4, -0.2) is 57.6 Å². The molecule has 2 aliphatic rings. The maximum absolute atomic E-state index is 9.92. The lowest BCUT2D eigenvalue weighted by Crippen LogP contribution is -2.50. The van der Waals surface area contributed by atoms with Crippen LogP contribution in [0, 0.1) is 11.8 Å². The van der Waals surface area contributed by atoms with E-state index >= 15 is 0 Å². The highest BCUT2D eigenvalue weighted by atomic mass is 16.5. The number of rotatable bonds is 3. The van der Waals surface area contributed by atoms with E-state index in [2.05, 4.69) is 0 Å². The predicted octanol–water partition coefficient (Wildman–Crippen LogP) is -0.403. The van der Waals surface area contributed by atoms with Crippen molar-refractivity contribution >= 4 is 0 Å². The minimum atomic E-state index is -1.08. The first kappa shape index (κ1) is 14.7. The van der Waals surface area contributed by atoms with Gasteiger partial charge in [-0.1, -0.05) is 24.3 Å². The van der Waals surface area contributed by atoms with E-state index in [9.17, 15) is 15.3 Å². The van der Waals surface area contributed by atoms with Gasteiger partial charge in [-0.05, 0) is 19.3 Å². The fraction of sp³-hybridized carbons (Fsp3) is 0.714. The molecule has 1 saturated heterocycles. The van der Waals surface area contributed by atoms with Crippen LogP contribution < -0.4 is 0 Å². The number of aliphatic hydroxyl groups is 4. The van der Waals surface area contributed by atoms with E-state index < -0.39 is 24.4 Å². The van der Waals surface area contributed by atoms with Gasteiger partial charge in [-0.25, -0.2) is 0 Å². The molecular formula is C14H22O5. The molecule has 2 fully saturated rings. The summed E-state index contributed by atoms with van der Waals surface area (Å²) >= 11 is 0. The van der Waals surface area contributed by atoms with E-state index in [1.54, 1.807) is 25.2 Å². The number of hydrogen-bond donors (Lipinski definition) is 4. The van der Waals surface area contributed by atoms with Crippen LogP contribution in [0.2, 0.25) is 0 Å². The van der Waals surface area contributed by atoms with Gasteiger partial charge in [0.1, 0.15) is 6.10 Å². The van der Waals surface area contributed by atoms with Crippen molar-refractivity contribution in [3.05, 3.63) is 24.3 Å². The monoisotopic (exact) mass is 270 g/mol. The summed E-state index contributed by atoms with van der Waals surface area (Å²) in [6.45, 7) is 2.06. The summed E-state index contributed by atoms with van der Waals surface area (Å²) in [6, 6.07) is 0. The number of allylic oxidation sites excluding steroid dienone is 2. The van der Waals surface area contributed by atoms with Gasteiger partial charge in [-0.2, -0.15) is 0 Å². The summed E-state index contributed by atoms with van der Waals surface area (Å²) in [5, 5.41) is 38.4. The number of fused-ring (bicyclic) bond motifs is 1. The zero-order chi connectivity index (χ0) is 14.0. The molecule has 0 spiro atoms. The van der Waals surface area contributed by atoms with E-state index in [1.807, 2.05) is 6.08 Å². The Morgan fingerprint density at radius 3 is 2.53 bits per heavy atom. The molecule has 5 heteroatoms. The fourth-order valence-electron chi connectivity index (χ4n) is 2.87. The Bertz CT molecular complexity index is 352. The maximum Gasteiger partial charge on any atom is 0.106 e. The molecule has 19 heavy (non-hydrogen) atoms. The molecule has 1 aliphatic heterocycles. The second kappa shape index (κ2) is 6.15. The summed E-state index contributed by atoms with van der Waals surface area (Å²) < 4.78 is 5.61. The van der Waals surface area contributed by atoms with Crippen LogP contribution in [-0.2, 0) is 4.74 Å². The Labute approximate surface area is 112 Å². The van der Waals surface area contributed by atoms with Gasteiger partial charge in [0, 0.05) is 5.92 Å². The lowest BCUT2D eigenvalue weighted by atomic mass is 9.74. The molecular weight excluding hydrogens is 248 g/mol. The molecule has 2 rings (SSSR count). The van der Waals surface area contributed by atoms with Crippen molar-refractivity contribution in [3.63, 3.8) is 0 Å². The molecule has 0 aromatic carbocycles. The Morgan fingerprint density at radius 2 is 1.84 bits per heavy atom. The van der Waals surface area contributed by atoms with Crippen LogP contribution in [0.15, 0.2) is 24.3 Å². The minimum absolute atomic E-state index is 0.0181. The third kappa shape index (κ3) is 3.24. The average Bonchev–Trinajstić information content (AvgIpc) is 2.75. The van der Waals surface area contributed by atoms with Gasteiger partial charge in [0.2, 0.25) is 0 Å². The Hall–Kier alpha value is -0.720. The summed E-state index contributed by atoms with van der Waals surface area (Å²) in [6.07, 6.45) is 3.91. The van der Waals surface area contributed by atoms with Crippen molar-refractivity contribution in [1.29, 1.82) is 0 Å². The van der Waals surface area contributed by atoms with E-state index in [4.69, 9.17) is 9.84 Å². The van der Waals surface area contributed by atoms with Crippen LogP contribution in [0.3, 0.4) is 0 Å². The van der Waals surface area contributed by atoms with E-state index in [0.717, 1.165) is 0 Å². The van der Waals surface area contributed by atoms with Crippen LogP contribution in [0.25, 0.3) is 0 Å². The molecule has 1 aliphatic carbocycles. The Kier molecular flexibility index (Phi) is 4.76. The van der Waals surface area contributed by atoms with Gasteiger partial charge >= 0.3 is 0 Å². The maximum atomic E-state index is 9.92. The van der Waals surface area contributed by atoms with Crippen LogP contribution >= 0.6 is 0 Å². The zero-order valence-corrected chi connectivity index (χ0v) is 11.0. The Morgan fingerprint density at radius 1 is 1.11 bits per heavy atom. The van der Waals surface area contributed by atoms with Crippen molar-refractivity contribution < 1.29 is 25.2 Å².